The van der Waals surface area contributed by atoms with Gasteiger partial charge in [0.15, 0.2) is 6.61 Å². The van der Waals surface area contributed by atoms with Crippen LogP contribution in [0.4, 0.5) is 5.69 Å². The molecule has 1 aromatic carbocycles. The summed E-state index contributed by atoms with van der Waals surface area (Å²) in [4.78, 5) is 35.6. The van der Waals surface area contributed by atoms with Gasteiger partial charge in [0.1, 0.15) is 11.3 Å². The third-order valence-corrected chi connectivity index (χ3v) is 4.91. The molecule has 3 rings (SSSR count). The summed E-state index contributed by atoms with van der Waals surface area (Å²) >= 11 is 0. The standard InChI is InChI=1S/C19H24N2O5/c22-16(21-19(18(24)25)9-2-1-3-10-19)12-26-15-6-4-5-14(11-15)20-17(23)13-7-8-13/h4-6,11,13H,1-3,7-10,12H2,(H,20,23)(H,21,22)(H,24,25). The Morgan fingerprint density at radius 1 is 1.15 bits per heavy atom. The lowest BCUT2D eigenvalue weighted by Gasteiger charge is -2.33. The van der Waals surface area contributed by atoms with E-state index in [2.05, 4.69) is 10.6 Å². The van der Waals surface area contributed by atoms with Crippen LogP contribution in [-0.4, -0.2) is 35.0 Å². The van der Waals surface area contributed by atoms with Gasteiger partial charge in [-0.3, -0.25) is 9.59 Å². The predicted molar refractivity (Wildman–Crippen MR) is 94.9 cm³/mol. The van der Waals surface area contributed by atoms with Crippen molar-refractivity contribution in [1.82, 2.24) is 5.32 Å². The molecule has 0 aromatic heterocycles. The molecule has 0 saturated heterocycles. The van der Waals surface area contributed by atoms with Gasteiger partial charge in [0.05, 0.1) is 0 Å². The number of carbonyl (C=O) groups is 3. The summed E-state index contributed by atoms with van der Waals surface area (Å²) in [5, 5.41) is 15.0. The first kappa shape index (κ1) is 18.2. The Hall–Kier alpha value is -2.57. The Morgan fingerprint density at radius 3 is 2.54 bits per heavy atom. The van der Waals surface area contributed by atoms with Crippen molar-refractivity contribution in [2.24, 2.45) is 5.92 Å². The summed E-state index contributed by atoms with van der Waals surface area (Å²) in [6, 6.07) is 6.83. The molecule has 2 amide bonds. The molecular weight excluding hydrogens is 336 g/mol. The SMILES string of the molecule is O=C(COc1cccc(NC(=O)C2CC2)c1)NC1(C(=O)O)CCCCC1. The number of hydrogen-bond acceptors (Lipinski definition) is 4. The average Bonchev–Trinajstić information content (AvgIpc) is 3.46. The molecule has 0 aliphatic heterocycles. The smallest absolute Gasteiger partial charge is 0.329 e. The second-order valence-corrected chi connectivity index (χ2v) is 7.08. The number of carbonyl (C=O) groups excluding carboxylic acids is 2. The summed E-state index contributed by atoms with van der Waals surface area (Å²) in [6.45, 7) is -0.269. The zero-order valence-corrected chi connectivity index (χ0v) is 14.6. The Morgan fingerprint density at radius 2 is 1.88 bits per heavy atom. The van der Waals surface area contributed by atoms with E-state index in [0.717, 1.165) is 32.1 Å². The van der Waals surface area contributed by atoms with Gasteiger partial charge in [-0.25, -0.2) is 4.79 Å². The molecule has 2 saturated carbocycles. The number of carboxylic acid groups (broad SMARTS) is 1. The molecule has 2 aliphatic carbocycles. The van der Waals surface area contributed by atoms with Gasteiger partial charge >= 0.3 is 5.97 Å². The maximum atomic E-state index is 12.2. The largest absolute Gasteiger partial charge is 0.484 e. The normalized spacial score (nSPS) is 18.6. The molecule has 0 radical (unpaired) electrons. The number of nitrogens with one attached hydrogen (secondary N) is 2. The van der Waals surface area contributed by atoms with Crippen molar-refractivity contribution in [3.63, 3.8) is 0 Å². The highest BCUT2D eigenvalue weighted by Gasteiger charge is 2.40. The van der Waals surface area contributed by atoms with E-state index in [9.17, 15) is 19.5 Å². The van der Waals surface area contributed by atoms with E-state index >= 15 is 0 Å². The minimum atomic E-state index is -1.18. The van der Waals surface area contributed by atoms with Crippen molar-refractivity contribution in [3.05, 3.63) is 24.3 Å². The minimum absolute atomic E-state index is 0.000548. The molecule has 0 atom stereocenters. The number of amides is 2. The van der Waals surface area contributed by atoms with E-state index in [4.69, 9.17) is 4.74 Å². The van der Waals surface area contributed by atoms with E-state index in [1.165, 1.54) is 0 Å². The van der Waals surface area contributed by atoms with Crippen LogP contribution < -0.4 is 15.4 Å². The van der Waals surface area contributed by atoms with E-state index < -0.39 is 17.4 Å². The first-order valence-electron chi connectivity index (χ1n) is 9.07. The van der Waals surface area contributed by atoms with Gasteiger partial charge in [0, 0.05) is 17.7 Å². The molecule has 2 aliphatic rings. The molecule has 1 aromatic rings. The van der Waals surface area contributed by atoms with Gasteiger partial charge in [0.25, 0.3) is 5.91 Å². The third kappa shape index (κ3) is 4.53. The molecule has 0 unspecified atom stereocenters. The summed E-state index contributed by atoms with van der Waals surface area (Å²) in [5.41, 5.74) is -0.562. The highest BCUT2D eigenvalue weighted by molar-refractivity contribution is 5.94. The molecule has 3 N–H and O–H groups in total. The zero-order valence-electron chi connectivity index (χ0n) is 14.6. The number of benzene rings is 1. The molecule has 140 valence electrons. The van der Waals surface area contributed by atoms with Crippen molar-refractivity contribution in [2.45, 2.75) is 50.5 Å². The number of aliphatic carboxylic acids is 1. The van der Waals surface area contributed by atoms with E-state index in [-0.39, 0.29) is 18.4 Å². The van der Waals surface area contributed by atoms with Gasteiger partial charge in [-0.05, 0) is 37.8 Å². The summed E-state index contributed by atoms with van der Waals surface area (Å²) in [7, 11) is 0. The lowest BCUT2D eigenvalue weighted by Crippen LogP contribution is -2.56. The number of anilines is 1. The molecule has 7 heteroatoms. The molecule has 26 heavy (non-hydrogen) atoms. The molecule has 7 nitrogen and oxygen atoms in total. The van der Waals surface area contributed by atoms with Crippen LogP contribution in [0, 0.1) is 5.92 Å². The van der Waals surface area contributed by atoms with Crippen LogP contribution >= 0.6 is 0 Å². The van der Waals surface area contributed by atoms with Crippen molar-refractivity contribution in [2.75, 3.05) is 11.9 Å². The molecule has 0 spiro atoms. The summed E-state index contributed by atoms with van der Waals surface area (Å²) in [6.07, 6.45) is 5.29. The van der Waals surface area contributed by atoms with Crippen molar-refractivity contribution >= 4 is 23.5 Å². The first-order chi connectivity index (χ1) is 12.5. The topological polar surface area (TPSA) is 105 Å². The van der Waals surface area contributed by atoms with Gasteiger partial charge < -0.3 is 20.5 Å². The van der Waals surface area contributed by atoms with Crippen molar-refractivity contribution in [1.29, 1.82) is 0 Å². The Balaban J connectivity index is 1.53. The zero-order chi connectivity index (χ0) is 18.6. The number of ether oxygens (including phenoxy) is 1. The number of carboxylic acids is 1. The highest BCUT2D eigenvalue weighted by atomic mass is 16.5. The van der Waals surface area contributed by atoms with Crippen LogP contribution in [0.25, 0.3) is 0 Å². The van der Waals surface area contributed by atoms with Crippen molar-refractivity contribution < 1.29 is 24.2 Å². The van der Waals surface area contributed by atoms with Crippen LogP contribution in [0.15, 0.2) is 24.3 Å². The van der Waals surface area contributed by atoms with Gasteiger partial charge in [-0.2, -0.15) is 0 Å². The molecular formula is C19H24N2O5. The summed E-state index contributed by atoms with van der Waals surface area (Å²) < 4.78 is 5.48. The maximum absolute atomic E-state index is 12.2. The predicted octanol–water partition coefficient (Wildman–Crippen LogP) is 2.32. The number of rotatable bonds is 7. The average molecular weight is 360 g/mol. The molecule has 2 fully saturated rings. The monoisotopic (exact) mass is 360 g/mol. The quantitative estimate of drug-likeness (QED) is 0.692. The fourth-order valence-corrected chi connectivity index (χ4v) is 3.25. The van der Waals surface area contributed by atoms with E-state index in [1.807, 2.05) is 0 Å². The molecule has 0 heterocycles. The van der Waals surface area contributed by atoms with Crippen molar-refractivity contribution in [3.8, 4) is 5.75 Å². The second kappa shape index (κ2) is 7.76. The minimum Gasteiger partial charge on any atom is -0.484 e. The van der Waals surface area contributed by atoms with Gasteiger partial charge in [-0.1, -0.05) is 25.3 Å². The number of hydrogen-bond donors (Lipinski definition) is 3. The second-order valence-electron chi connectivity index (χ2n) is 7.08. The fraction of sp³-hybridized carbons (Fsp3) is 0.526. The molecule has 0 bridgehead atoms. The summed E-state index contributed by atoms with van der Waals surface area (Å²) in [5.74, 6) is -0.896. The third-order valence-electron chi connectivity index (χ3n) is 4.91. The van der Waals surface area contributed by atoms with E-state index in [1.54, 1.807) is 24.3 Å². The van der Waals surface area contributed by atoms with Crippen LogP contribution in [0.1, 0.15) is 44.9 Å². The van der Waals surface area contributed by atoms with Crippen LogP contribution in [0.5, 0.6) is 5.75 Å². The Bertz CT molecular complexity index is 693. The fourth-order valence-electron chi connectivity index (χ4n) is 3.25. The first-order valence-corrected chi connectivity index (χ1v) is 9.07. The van der Waals surface area contributed by atoms with Crippen LogP contribution in [0.3, 0.4) is 0 Å². The highest BCUT2D eigenvalue weighted by Crippen LogP contribution is 2.31. The Labute approximate surface area is 152 Å². The van der Waals surface area contributed by atoms with Gasteiger partial charge in [0.2, 0.25) is 5.91 Å². The lowest BCUT2D eigenvalue weighted by atomic mass is 9.81. The maximum Gasteiger partial charge on any atom is 0.329 e. The van der Waals surface area contributed by atoms with Gasteiger partial charge in [-0.15, -0.1) is 0 Å². The Kier molecular flexibility index (Phi) is 5.44. The van der Waals surface area contributed by atoms with Crippen LogP contribution in [0.2, 0.25) is 0 Å². The lowest BCUT2D eigenvalue weighted by molar-refractivity contribution is -0.149. The van der Waals surface area contributed by atoms with E-state index in [0.29, 0.717) is 24.3 Å². The van der Waals surface area contributed by atoms with Crippen LogP contribution in [-0.2, 0) is 14.4 Å².